The summed E-state index contributed by atoms with van der Waals surface area (Å²) in [6.07, 6.45) is 0.566. The van der Waals surface area contributed by atoms with E-state index in [1.807, 2.05) is 0 Å². The van der Waals surface area contributed by atoms with Gasteiger partial charge < -0.3 is 4.74 Å². The first-order valence-electron chi connectivity index (χ1n) is 4.74. The molecule has 0 spiro atoms. The molecular weight excluding hydrogens is 252 g/mol. The minimum atomic E-state index is -2.53. The van der Waals surface area contributed by atoms with Gasteiger partial charge in [-0.1, -0.05) is 11.6 Å². The highest BCUT2D eigenvalue weighted by molar-refractivity contribution is 6.32. The van der Waals surface area contributed by atoms with Crippen molar-refractivity contribution < 1.29 is 13.5 Å². The molecule has 2 aromatic heterocycles. The summed E-state index contributed by atoms with van der Waals surface area (Å²) in [5.74, 6) is 0.521. The van der Waals surface area contributed by atoms with Crippen molar-refractivity contribution in [2.75, 3.05) is 6.61 Å². The Morgan fingerprint density at radius 3 is 2.94 bits per heavy atom. The summed E-state index contributed by atoms with van der Waals surface area (Å²) in [4.78, 5) is 4.02. The molecule has 0 fully saturated rings. The average molecular weight is 260 g/mol. The Balaban J connectivity index is 2.16. The van der Waals surface area contributed by atoms with Crippen LogP contribution in [0.3, 0.4) is 0 Å². The van der Waals surface area contributed by atoms with E-state index in [1.165, 1.54) is 16.9 Å². The third-order valence-electron chi connectivity index (χ3n) is 1.88. The molecule has 17 heavy (non-hydrogen) atoms. The van der Waals surface area contributed by atoms with Crippen LogP contribution in [0.15, 0.2) is 30.6 Å². The van der Waals surface area contributed by atoms with Crippen LogP contribution in [0.1, 0.15) is 0 Å². The Labute approximate surface area is 101 Å². The van der Waals surface area contributed by atoms with E-state index in [0.717, 1.165) is 0 Å². The maximum absolute atomic E-state index is 11.9. The van der Waals surface area contributed by atoms with Crippen LogP contribution < -0.4 is 4.74 Å². The van der Waals surface area contributed by atoms with Gasteiger partial charge in [-0.3, -0.25) is 0 Å². The molecule has 2 aromatic rings. The minimum Gasteiger partial charge on any atom is -0.471 e. The smallest absolute Gasteiger partial charge is 0.272 e. The van der Waals surface area contributed by atoms with Gasteiger partial charge in [0.15, 0.2) is 12.4 Å². The molecule has 0 bridgehead atoms. The number of ether oxygens (including phenoxy) is 1. The van der Waals surface area contributed by atoms with E-state index in [4.69, 9.17) is 16.3 Å². The molecular formula is C10H8ClF2N3O. The molecule has 0 atom stereocenters. The first-order valence-corrected chi connectivity index (χ1v) is 5.12. The summed E-state index contributed by atoms with van der Waals surface area (Å²) < 4.78 is 30.0. The summed E-state index contributed by atoms with van der Waals surface area (Å²) in [6, 6.07) is 4.81. The van der Waals surface area contributed by atoms with Crippen LogP contribution in [0, 0.1) is 0 Å². The van der Waals surface area contributed by atoms with E-state index < -0.39 is 13.0 Å². The zero-order chi connectivity index (χ0) is 12.3. The molecule has 0 radical (unpaired) electrons. The largest absolute Gasteiger partial charge is 0.471 e. The zero-order valence-electron chi connectivity index (χ0n) is 8.55. The number of alkyl halides is 2. The van der Waals surface area contributed by atoms with Gasteiger partial charge >= 0.3 is 0 Å². The topological polar surface area (TPSA) is 39.9 Å². The second kappa shape index (κ2) is 5.09. The Hall–Kier alpha value is -1.69. The second-order valence-electron chi connectivity index (χ2n) is 3.11. The van der Waals surface area contributed by atoms with Gasteiger partial charge in [-0.05, 0) is 12.1 Å². The minimum absolute atomic E-state index is 0.104. The third kappa shape index (κ3) is 2.91. The molecule has 0 aliphatic rings. The number of hydrogen-bond acceptors (Lipinski definition) is 3. The lowest BCUT2D eigenvalue weighted by atomic mass is 10.4. The van der Waals surface area contributed by atoms with Crippen molar-refractivity contribution in [3.63, 3.8) is 0 Å². The lowest BCUT2D eigenvalue weighted by molar-refractivity contribution is 0.0794. The summed E-state index contributed by atoms with van der Waals surface area (Å²) in [6.45, 7) is -0.688. The van der Waals surface area contributed by atoms with Crippen LogP contribution in [0.2, 0.25) is 5.02 Å². The fraction of sp³-hybridized carbons (Fsp3) is 0.200. The summed E-state index contributed by atoms with van der Waals surface area (Å²) in [7, 11) is 0. The molecule has 2 rings (SSSR count). The van der Waals surface area contributed by atoms with Crippen molar-refractivity contribution >= 4 is 11.6 Å². The van der Waals surface area contributed by atoms with Crippen molar-refractivity contribution in [3.8, 4) is 11.7 Å². The molecule has 0 saturated carbocycles. The van der Waals surface area contributed by atoms with E-state index in [1.54, 1.807) is 18.3 Å². The SMILES string of the molecule is FC(F)COc1ccn(-c2ncccc2Cl)n1. The Kier molecular flexibility index (Phi) is 3.53. The average Bonchev–Trinajstić information content (AvgIpc) is 2.75. The molecule has 0 aliphatic carbocycles. The Bertz CT molecular complexity index is 504. The van der Waals surface area contributed by atoms with Crippen LogP contribution in [0.5, 0.6) is 5.88 Å². The van der Waals surface area contributed by atoms with Crippen molar-refractivity contribution in [3.05, 3.63) is 35.6 Å². The fourth-order valence-electron chi connectivity index (χ4n) is 1.20. The van der Waals surface area contributed by atoms with Gasteiger partial charge in [0.05, 0.1) is 5.02 Å². The molecule has 7 heteroatoms. The first kappa shape index (κ1) is 11.8. The Morgan fingerprint density at radius 1 is 1.41 bits per heavy atom. The lowest BCUT2D eigenvalue weighted by Crippen LogP contribution is -2.08. The molecule has 2 heterocycles. The number of halogens is 3. The quantitative estimate of drug-likeness (QED) is 0.847. The van der Waals surface area contributed by atoms with Gasteiger partial charge in [0.2, 0.25) is 5.88 Å². The van der Waals surface area contributed by atoms with E-state index in [2.05, 4.69) is 10.1 Å². The maximum atomic E-state index is 11.9. The van der Waals surface area contributed by atoms with Gasteiger partial charge in [0, 0.05) is 18.5 Å². The van der Waals surface area contributed by atoms with Gasteiger partial charge in [0.25, 0.3) is 6.43 Å². The van der Waals surface area contributed by atoms with Gasteiger partial charge in [0.1, 0.15) is 0 Å². The predicted molar refractivity (Wildman–Crippen MR) is 57.9 cm³/mol. The highest BCUT2D eigenvalue weighted by atomic mass is 35.5. The summed E-state index contributed by atoms with van der Waals surface area (Å²) in [5, 5.41) is 4.34. The van der Waals surface area contributed by atoms with Gasteiger partial charge in [-0.2, -0.15) is 0 Å². The zero-order valence-corrected chi connectivity index (χ0v) is 9.31. The van der Waals surface area contributed by atoms with E-state index in [0.29, 0.717) is 10.8 Å². The van der Waals surface area contributed by atoms with Gasteiger partial charge in [-0.25, -0.2) is 18.4 Å². The standard InChI is InChI=1S/C10H8ClF2N3O/c11-7-2-1-4-14-10(7)16-5-3-9(15-16)17-6-8(12)13/h1-5,8H,6H2. The van der Waals surface area contributed by atoms with Gasteiger partial charge in [-0.15, -0.1) is 5.10 Å². The molecule has 0 saturated heterocycles. The molecule has 0 aliphatic heterocycles. The van der Waals surface area contributed by atoms with Crippen LogP contribution >= 0.6 is 11.6 Å². The number of aromatic nitrogens is 3. The molecule has 0 aromatic carbocycles. The normalized spacial score (nSPS) is 10.8. The molecule has 0 unspecified atom stereocenters. The number of pyridine rings is 1. The van der Waals surface area contributed by atoms with Crippen molar-refractivity contribution in [1.82, 2.24) is 14.8 Å². The van der Waals surface area contributed by atoms with E-state index >= 15 is 0 Å². The molecule has 4 nitrogen and oxygen atoms in total. The number of nitrogens with zero attached hydrogens (tertiary/aromatic N) is 3. The molecule has 0 N–H and O–H groups in total. The number of rotatable bonds is 4. The maximum Gasteiger partial charge on any atom is 0.272 e. The second-order valence-corrected chi connectivity index (χ2v) is 3.52. The van der Waals surface area contributed by atoms with Crippen molar-refractivity contribution in [2.24, 2.45) is 0 Å². The molecule has 90 valence electrons. The highest BCUT2D eigenvalue weighted by Gasteiger charge is 2.08. The lowest BCUT2D eigenvalue weighted by Gasteiger charge is -2.02. The van der Waals surface area contributed by atoms with E-state index in [-0.39, 0.29) is 5.88 Å². The van der Waals surface area contributed by atoms with Crippen molar-refractivity contribution in [1.29, 1.82) is 0 Å². The van der Waals surface area contributed by atoms with Crippen LogP contribution in [-0.2, 0) is 0 Å². The van der Waals surface area contributed by atoms with Crippen LogP contribution in [-0.4, -0.2) is 27.8 Å². The highest BCUT2D eigenvalue weighted by Crippen LogP contribution is 2.18. The van der Waals surface area contributed by atoms with E-state index in [9.17, 15) is 8.78 Å². The monoisotopic (exact) mass is 259 g/mol. The first-order chi connectivity index (χ1) is 8.16. The Morgan fingerprint density at radius 2 is 2.24 bits per heavy atom. The van der Waals surface area contributed by atoms with Crippen LogP contribution in [0.4, 0.5) is 8.78 Å². The summed E-state index contributed by atoms with van der Waals surface area (Å²) in [5.41, 5.74) is 0. The third-order valence-corrected chi connectivity index (χ3v) is 2.17. The number of hydrogen-bond donors (Lipinski definition) is 0. The van der Waals surface area contributed by atoms with Crippen LogP contribution in [0.25, 0.3) is 5.82 Å². The molecule has 0 amide bonds. The predicted octanol–water partition coefficient (Wildman–Crippen LogP) is 2.56. The van der Waals surface area contributed by atoms with Crippen molar-refractivity contribution in [2.45, 2.75) is 6.43 Å². The summed E-state index contributed by atoms with van der Waals surface area (Å²) >= 11 is 5.91. The fourth-order valence-corrected chi connectivity index (χ4v) is 1.40.